The first-order chi connectivity index (χ1) is 12.4. The monoisotopic (exact) mass is 390 g/mol. The molecule has 26 heavy (non-hydrogen) atoms. The fourth-order valence-corrected chi connectivity index (χ4v) is 2.70. The van der Waals surface area contributed by atoms with Gasteiger partial charge in [0, 0.05) is 16.9 Å². The molecule has 0 aliphatic carbocycles. The van der Waals surface area contributed by atoms with Gasteiger partial charge in [-0.15, -0.1) is 0 Å². The van der Waals surface area contributed by atoms with E-state index in [2.05, 4.69) is 5.32 Å². The van der Waals surface area contributed by atoms with E-state index in [9.17, 15) is 14.0 Å². The smallest absolute Gasteiger partial charge is 0.263 e. The normalized spacial score (nSPS) is 10.6. The average Bonchev–Trinajstić information content (AvgIpc) is 2.62. The Morgan fingerprint density at radius 2 is 1.81 bits per heavy atom. The number of amides is 1. The first-order valence-corrected chi connectivity index (χ1v) is 8.40. The summed E-state index contributed by atoms with van der Waals surface area (Å²) in [5.74, 6) is -1.18. The lowest BCUT2D eigenvalue weighted by atomic mass is 10.2. The second-order valence-electron chi connectivity index (χ2n) is 5.56. The molecule has 0 aliphatic rings. The number of aromatic nitrogens is 1. The number of nitrogens with one attached hydrogen (secondary N) is 1. The average molecular weight is 391 g/mol. The van der Waals surface area contributed by atoms with Crippen molar-refractivity contribution in [2.45, 2.75) is 6.54 Å². The zero-order valence-corrected chi connectivity index (χ0v) is 14.9. The SMILES string of the molecule is O=C(Nc1ccc(F)c(Cl)c1)c1cccn(Cc2ccc(Cl)cc2)c1=O. The Morgan fingerprint density at radius 1 is 1.08 bits per heavy atom. The molecule has 0 saturated carbocycles. The van der Waals surface area contributed by atoms with Crippen molar-refractivity contribution in [3.05, 3.63) is 98.1 Å². The number of anilines is 1. The lowest BCUT2D eigenvalue weighted by molar-refractivity contribution is 0.102. The summed E-state index contributed by atoms with van der Waals surface area (Å²) in [5.41, 5.74) is 0.711. The van der Waals surface area contributed by atoms with Crippen molar-refractivity contribution in [2.75, 3.05) is 5.32 Å². The van der Waals surface area contributed by atoms with E-state index in [1.807, 2.05) is 12.1 Å². The van der Waals surface area contributed by atoms with Crippen LogP contribution in [0.25, 0.3) is 0 Å². The molecular weight excluding hydrogens is 378 g/mol. The molecule has 1 heterocycles. The third kappa shape index (κ3) is 4.12. The Kier molecular flexibility index (Phi) is 5.40. The highest BCUT2D eigenvalue weighted by molar-refractivity contribution is 6.31. The van der Waals surface area contributed by atoms with E-state index < -0.39 is 17.3 Å². The van der Waals surface area contributed by atoms with Gasteiger partial charge in [-0.2, -0.15) is 0 Å². The van der Waals surface area contributed by atoms with Crippen LogP contribution < -0.4 is 10.9 Å². The third-order valence-corrected chi connectivity index (χ3v) is 4.25. The molecule has 132 valence electrons. The molecule has 3 aromatic rings. The third-order valence-electron chi connectivity index (χ3n) is 3.71. The number of hydrogen-bond acceptors (Lipinski definition) is 2. The first-order valence-electron chi connectivity index (χ1n) is 7.64. The van der Waals surface area contributed by atoms with Crippen LogP contribution in [0, 0.1) is 5.82 Å². The summed E-state index contributed by atoms with van der Waals surface area (Å²) in [6, 6.07) is 13.9. The summed E-state index contributed by atoms with van der Waals surface area (Å²) >= 11 is 11.6. The van der Waals surface area contributed by atoms with Crippen LogP contribution in [0.15, 0.2) is 65.6 Å². The topological polar surface area (TPSA) is 51.1 Å². The summed E-state index contributed by atoms with van der Waals surface area (Å²) in [6.07, 6.45) is 1.60. The summed E-state index contributed by atoms with van der Waals surface area (Å²) < 4.78 is 14.6. The molecular formula is C19H13Cl2FN2O2. The highest BCUT2D eigenvalue weighted by Crippen LogP contribution is 2.19. The highest BCUT2D eigenvalue weighted by atomic mass is 35.5. The van der Waals surface area contributed by atoms with Crippen LogP contribution in [0.4, 0.5) is 10.1 Å². The fraction of sp³-hybridized carbons (Fsp3) is 0.0526. The summed E-state index contributed by atoms with van der Waals surface area (Å²) in [7, 11) is 0. The molecule has 0 unspecified atom stereocenters. The van der Waals surface area contributed by atoms with Crippen LogP contribution in [0.3, 0.4) is 0 Å². The van der Waals surface area contributed by atoms with Gasteiger partial charge in [-0.25, -0.2) is 4.39 Å². The second-order valence-corrected chi connectivity index (χ2v) is 6.41. The van der Waals surface area contributed by atoms with E-state index in [-0.39, 0.29) is 10.6 Å². The number of hydrogen-bond donors (Lipinski definition) is 1. The molecule has 7 heteroatoms. The van der Waals surface area contributed by atoms with Crippen LogP contribution in [0.1, 0.15) is 15.9 Å². The predicted molar refractivity (Wildman–Crippen MR) is 101 cm³/mol. The Balaban J connectivity index is 1.83. The predicted octanol–water partition coefficient (Wildman–Crippen LogP) is 4.59. The number of carbonyl (C=O) groups excluding carboxylic acids is 1. The summed E-state index contributed by atoms with van der Waals surface area (Å²) in [5, 5.41) is 3.03. The molecule has 0 fully saturated rings. The van der Waals surface area contributed by atoms with Crippen LogP contribution in [-0.4, -0.2) is 10.5 Å². The van der Waals surface area contributed by atoms with Gasteiger partial charge in [0.2, 0.25) is 0 Å². The minimum Gasteiger partial charge on any atom is -0.322 e. The van der Waals surface area contributed by atoms with Gasteiger partial charge >= 0.3 is 0 Å². The molecule has 0 spiro atoms. The first kappa shape index (κ1) is 18.2. The number of halogens is 3. The molecule has 1 N–H and O–H groups in total. The van der Waals surface area contributed by atoms with Gasteiger partial charge in [-0.05, 0) is 48.0 Å². The molecule has 3 rings (SSSR count). The molecule has 4 nitrogen and oxygen atoms in total. The molecule has 2 aromatic carbocycles. The van der Waals surface area contributed by atoms with Gasteiger partial charge in [-0.1, -0.05) is 35.3 Å². The maximum Gasteiger partial charge on any atom is 0.263 e. The van der Waals surface area contributed by atoms with Gasteiger partial charge in [0.25, 0.3) is 11.5 Å². The summed E-state index contributed by atoms with van der Waals surface area (Å²) in [6.45, 7) is 0.305. The number of nitrogens with zero attached hydrogens (tertiary/aromatic N) is 1. The van der Waals surface area contributed by atoms with Gasteiger partial charge in [-0.3, -0.25) is 9.59 Å². The maximum atomic E-state index is 13.2. The zero-order chi connectivity index (χ0) is 18.7. The van der Waals surface area contributed by atoms with Gasteiger partial charge in [0.1, 0.15) is 11.4 Å². The van der Waals surface area contributed by atoms with E-state index >= 15 is 0 Å². The molecule has 0 atom stereocenters. The Labute approximate surface area is 158 Å². The molecule has 0 aliphatic heterocycles. The van der Waals surface area contributed by atoms with Crippen LogP contribution in [0.2, 0.25) is 10.0 Å². The van der Waals surface area contributed by atoms with E-state index in [1.54, 1.807) is 24.4 Å². The second kappa shape index (κ2) is 7.72. The maximum absolute atomic E-state index is 13.2. The molecule has 1 amide bonds. The molecule has 0 radical (unpaired) electrons. The zero-order valence-electron chi connectivity index (χ0n) is 13.4. The van der Waals surface area contributed by atoms with E-state index in [0.29, 0.717) is 17.3 Å². The standard InChI is InChI=1S/C19H13Cl2FN2O2/c20-13-5-3-12(4-6-13)11-24-9-1-2-15(19(24)26)18(25)23-14-7-8-17(22)16(21)10-14/h1-10H,11H2,(H,23,25). The number of rotatable bonds is 4. The molecule has 0 saturated heterocycles. The fourth-order valence-electron chi connectivity index (χ4n) is 2.39. The lowest BCUT2D eigenvalue weighted by Crippen LogP contribution is -2.29. The highest BCUT2D eigenvalue weighted by Gasteiger charge is 2.13. The van der Waals surface area contributed by atoms with Crippen LogP contribution >= 0.6 is 23.2 Å². The number of benzene rings is 2. The van der Waals surface area contributed by atoms with E-state index in [0.717, 1.165) is 11.6 Å². The van der Waals surface area contributed by atoms with Crippen molar-refractivity contribution in [3.63, 3.8) is 0 Å². The minimum atomic E-state index is -0.594. The van der Waals surface area contributed by atoms with Gasteiger partial charge < -0.3 is 9.88 Å². The van der Waals surface area contributed by atoms with Crippen molar-refractivity contribution in [1.82, 2.24) is 4.57 Å². The van der Waals surface area contributed by atoms with Gasteiger partial charge in [0.15, 0.2) is 0 Å². The number of pyridine rings is 1. The van der Waals surface area contributed by atoms with E-state index in [1.165, 1.54) is 22.8 Å². The minimum absolute atomic E-state index is 0.0260. The molecule has 0 bridgehead atoms. The molecule has 1 aromatic heterocycles. The van der Waals surface area contributed by atoms with Crippen molar-refractivity contribution >= 4 is 34.8 Å². The lowest BCUT2D eigenvalue weighted by Gasteiger charge is -2.09. The van der Waals surface area contributed by atoms with Crippen molar-refractivity contribution in [1.29, 1.82) is 0 Å². The van der Waals surface area contributed by atoms with Gasteiger partial charge in [0.05, 0.1) is 11.6 Å². The summed E-state index contributed by atoms with van der Waals surface area (Å²) in [4.78, 5) is 25.0. The Bertz CT molecular complexity index is 1020. The Hall–Kier alpha value is -2.63. The van der Waals surface area contributed by atoms with Crippen molar-refractivity contribution in [3.8, 4) is 0 Å². The van der Waals surface area contributed by atoms with Crippen molar-refractivity contribution < 1.29 is 9.18 Å². The quantitative estimate of drug-likeness (QED) is 0.707. The largest absolute Gasteiger partial charge is 0.322 e. The van der Waals surface area contributed by atoms with E-state index in [4.69, 9.17) is 23.2 Å². The van der Waals surface area contributed by atoms with Crippen LogP contribution in [0.5, 0.6) is 0 Å². The number of carbonyl (C=O) groups is 1. The van der Waals surface area contributed by atoms with Crippen LogP contribution in [-0.2, 0) is 6.54 Å². The van der Waals surface area contributed by atoms with Crippen molar-refractivity contribution in [2.24, 2.45) is 0 Å². The Morgan fingerprint density at radius 3 is 2.50 bits per heavy atom.